The summed E-state index contributed by atoms with van der Waals surface area (Å²) in [5, 5.41) is 0. The first kappa shape index (κ1) is 9.00. The molecule has 2 N–H and O–H groups in total. The van der Waals surface area contributed by atoms with Crippen molar-refractivity contribution in [1.82, 2.24) is 4.90 Å². The van der Waals surface area contributed by atoms with Crippen molar-refractivity contribution in [1.29, 1.82) is 0 Å². The predicted molar refractivity (Wildman–Crippen MR) is 51.0 cm³/mol. The first-order valence-corrected chi connectivity index (χ1v) is 5.19. The second-order valence-corrected chi connectivity index (χ2v) is 4.62. The molecule has 3 heteroatoms. The van der Waals surface area contributed by atoms with Gasteiger partial charge >= 0.3 is 0 Å². The van der Waals surface area contributed by atoms with Crippen LogP contribution in [-0.4, -0.2) is 30.4 Å². The highest BCUT2D eigenvalue weighted by atomic mass is 16.2. The zero-order valence-corrected chi connectivity index (χ0v) is 8.20. The molecule has 1 aliphatic carbocycles. The van der Waals surface area contributed by atoms with Gasteiger partial charge in [-0.05, 0) is 25.3 Å². The molecule has 0 bridgehead atoms. The second-order valence-electron chi connectivity index (χ2n) is 4.62. The van der Waals surface area contributed by atoms with Gasteiger partial charge in [0, 0.05) is 24.9 Å². The summed E-state index contributed by atoms with van der Waals surface area (Å²) in [4.78, 5) is 13.7. The number of likely N-dealkylation sites (tertiary alicyclic amines) is 1. The Morgan fingerprint density at radius 1 is 1.46 bits per heavy atom. The van der Waals surface area contributed by atoms with Gasteiger partial charge in [-0.1, -0.05) is 6.92 Å². The fraction of sp³-hybridized carbons (Fsp3) is 0.900. The van der Waals surface area contributed by atoms with Crippen LogP contribution >= 0.6 is 0 Å². The molecule has 3 nitrogen and oxygen atoms in total. The van der Waals surface area contributed by atoms with Gasteiger partial charge in [0.25, 0.3) is 0 Å². The first-order chi connectivity index (χ1) is 6.20. The average molecular weight is 182 g/mol. The Hall–Kier alpha value is -0.570. The van der Waals surface area contributed by atoms with E-state index in [1.807, 2.05) is 4.90 Å². The van der Waals surface area contributed by atoms with Crippen LogP contribution in [0.2, 0.25) is 0 Å². The minimum Gasteiger partial charge on any atom is -0.342 e. The molecule has 1 saturated carbocycles. The lowest BCUT2D eigenvalue weighted by molar-refractivity contribution is -0.146. The van der Waals surface area contributed by atoms with Crippen molar-refractivity contribution >= 4 is 5.91 Å². The highest BCUT2D eigenvalue weighted by molar-refractivity contribution is 5.80. The van der Waals surface area contributed by atoms with Crippen molar-refractivity contribution in [2.24, 2.45) is 23.5 Å². The van der Waals surface area contributed by atoms with Gasteiger partial charge in [0.1, 0.15) is 0 Å². The van der Waals surface area contributed by atoms with Gasteiger partial charge in [-0.25, -0.2) is 0 Å². The molecule has 1 heterocycles. The van der Waals surface area contributed by atoms with Gasteiger partial charge in [0.05, 0.1) is 0 Å². The van der Waals surface area contributed by atoms with Crippen LogP contribution in [0, 0.1) is 17.8 Å². The third-order valence-corrected chi connectivity index (χ3v) is 3.33. The van der Waals surface area contributed by atoms with E-state index in [4.69, 9.17) is 5.73 Å². The van der Waals surface area contributed by atoms with E-state index in [1.54, 1.807) is 0 Å². The van der Waals surface area contributed by atoms with E-state index in [2.05, 4.69) is 6.92 Å². The summed E-state index contributed by atoms with van der Waals surface area (Å²) in [6, 6.07) is 0. The van der Waals surface area contributed by atoms with Crippen LogP contribution in [0.1, 0.15) is 19.8 Å². The van der Waals surface area contributed by atoms with Crippen molar-refractivity contribution in [2.45, 2.75) is 19.8 Å². The Morgan fingerprint density at radius 3 is 2.54 bits per heavy atom. The van der Waals surface area contributed by atoms with Crippen LogP contribution in [0.15, 0.2) is 0 Å². The Kier molecular flexibility index (Phi) is 2.28. The molecule has 2 rings (SSSR count). The van der Waals surface area contributed by atoms with Crippen LogP contribution in [0.3, 0.4) is 0 Å². The van der Waals surface area contributed by atoms with Crippen LogP contribution in [0.4, 0.5) is 0 Å². The normalized spacial score (nSPS) is 33.8. The Bertz CT molecular complexity index is 205. The van der Waals surface area contributed by atoms with E-state index in [1.165, 1.54) is 0 Å². The van der Waals surface area contributed by atoms with E-state index in [0.717, 1.165) is 38.4 Å². The van der Waals surface area contributed by atoms with Crippen LogP contribution in [0.5, 0.6) is 0 Å². The molecule has 1 aliphatic heterocycles. The maximum atomic E-state index is 11.7. The SMILES string of the molecule is CC1CC(C(=O)N2CC(CN)C2)C1. The van der Waals surface area contributed by atoms with Crippen LogP contribution in [-0.2, 0) is 4.79 Å². The molecule has 2 fully saturated rings. The van der Waals surface area contributed by atoms with Gasteiger partial charge in [0.2, 0.25) is 5.91 Å². The number of carbonyl (C=O) groups excluding carboxylic acids is 1. The zero-order valence-electron chi connectivity index (χ0n) is 8.20. The van der Waals surface area contributed by atoms with E-state index < -0.39 is 0 Å². The second kappa shape index (κ2) is 3.29. The summed E-state index contributed by atoms with van der Waals surface area (Å²) in [5.41, 5.74) is 5.50. The minimum atomic E-state index is 0.341. The molecule has 74 valence electrons. The number of hydrogen-bond donors (Lipinski definition) is 1. The van der Waals surface area contributed by atoms with Gasteiger partial charge in [-0.15, -0.1) is 0 Å². The Balaban J connectivity index is 1.74. The Labute approximate surface area is 79.3 Å². The first-order valence-electron chi connectivity index (χ1n) is 5.19. The number of rotatable bonds is 2. The largest absolute Gasteiger partial charge is 0.342 e. The fourth-order valence-electron chi connectivity index (χ4n) is 2.26. The summed E-state index contributed by atoms with van der Waals surface area (Å²) in [6.07, 6.45) is 2.20. The maximum absolute atomic E-state index is 11.7. The third-order valence-electron chi connectivity index (χ3n) is 3.33. The van der Waals surface area contributed by atoms with Crippen molar-refractivity contribution < 1.29 is 4.79 Å². The fourth-order valence-corrected chi connectivity index (χ4v) is 2.26. The van der Waals surface area contributed by atoms with Gasteiger partial charge < -0.3 is 10.6 Å². The minimum absolute atomic E-state index is 0.341. The molecular weight excluding hydrogens is 164 g/mol. The van der Waals surface area contributed by atoms with Gasteiger partial charge in [-0.3, -0.25) is 4.79 Å². The molecule has 0 radical (unpaired) electrons. The van der Waals surface area contributed by atoms with Gasteiger partial charge in [0.15, 0.2) is 0 Å². The molecule has 0 atom stereocenters. The molecular formula is C10H18N2O. The number of hydrogen-bond acceptors (Lipinski definition) is 2. The standard InChI is InChI=1S/C10H18N2O/c1-7-2-9(3-7)10(13)12-5-8(4-11)6-12/h7-9H,2-6,11H2,1H3. The number of nitrogens with zero attached hydrogens (tertiary/aromatic N) is 1. The van der Waals surface area contributed by atoms with Crippen molar-refractivity contribution in [3.05, 3.63) is 0 Å². The van der Waals surface area contributed by atoms with E-state index in [0.29, 0.717) is 17.7 Å². The quantitative estimate of drug-likeness (QED) is 0.674. The van der Waals surface area contributed by atoms with Gasteiger partial charge in [-0.2, -0.15) is 0 Å². The van der Waals surface area contributed by atoms with E-state index in [-0.39, 0.29) is 0 Å². The smallest absolute Gasteiger partial charge is 0.225 e. The number of amides is 1. The molecule has 0 aromatic carbocycles. The molecule has 1 saturated heterocycles. The third kappa shape index (κ3) is 1.57. The molecule has 1 amide bonds. The number of nitrogens with two attached hydrogens (primary N) is 1. The van der Waals surface area contributed by atoms with Crippen LogP contribution < -0.4 is 5.73 Å². The average Bonchev–Trinajstić information content (AvgIpc) is 1.96. The molecule has 0 aromatic rings. The maximum Gasteiger partial charge on any atom is 0.225 e. The summed E-state index contributed by atoms with van der Waals surface area (Å²) >= 11 is 0. The molecule has 0 spiro atoms. The molecule has 2 aliphatic rings. The lowest BCUT2D eigenvalue weighted by Gasteiger charge is -2.43. The lowest BCUT2D eigenvalue weighted by Crippen LogP contribution is -2.55. The topological polar surface area (TPSA) is 46.3 Å². The summed E-state index contributed by atoms with van der Waals surface area (Å²) in [7, 11) is 0. The summed E-state index contributed by atoms with van der Waals surface area (Å²) in [6.45, 7) is 4.74. The zero-order chi connectivity index (χ0) is 9.42. The summed E-state index contributed by atoms with van der Waals surface area (Å²) in [5.74, 6) is 2.05. The van der Waals surface area contributed by atoms with Crippen molar-refractivity contribution in [2.75, 3.05) is 19.6 Å². The van der Waals surface area contributed by atoms with Crippen molar-refractivity contribution in [3.8, 4) is 0 Å². The predicted octanol–water partition coefficient (Wildman–Crippen LogP) is 0.450. The molecule has 0 unspecified atom stereocenters. The van der Waals surface area contributed by atoms with Crippen molar-refractivity contribution in [3.63, 3.8) is 0 Å². The van der Waals surface area contributed by atoms with E-state index in [9.17, 15) is 4.79 Å². The molecule has 0 aromatic heterocycles. The van der Waals surface area contributed by atoms with E-state index >= 15 is 0 Å². The summed E-state index contributed by atoms with van der Waals surface area (Å²) < 4.78 is 0. The highest BCUT2D eigenvalue weighted by Crippen LogP contribution is 2.35. The lowest BCUT2D eigenvalue weighted by atomic mass is 9.75. The monoisotopic (exact) mass is 182 g/mol. The highest BCUT2D eigenvalue weighted by Gasteiger charge is 2.38. The Morgan fingerprint density at radius 2 is 2.08 bits per heavy atom. The van der Waals surface area contributed by atoms with Crippen LogP contribution in [0.25, 0.3) is 0 Å². The number of carbonyl (C=O) groups is 1. The molecule has 13 heavy (non-hydrogen) atoms.